The summed E-state index contributed by atoms with van der Waals surface area (Å²) >= 11 is 0. The van der Waals surface area contributed by atoms with Gasteiger partial charge in [-0.25, -0.2) is 4.39 Å². The molecule has 3 N–H and O–H groups in total. The van der Waals surface area contributed by atoms with E-state index in [0.29, 0.717) is 5.75 Å². The average molecular weight is 227 g/mol. The highest BCUT2D eigenvalue weighted by Crippen LogP contribution is 2.16. The van der Waals surface area contributed by atoms with Gasteiger partial charge in [-0.3, -0.25) is 0 Å². The predicted octanol–water partition coefficient (Wildman–Crippen LogP) is 1.55. The molecule has 0 saturated heterocycles. The van der Waals surface area contributed by atoms with Gasteiger partial charge in [0.25, 0.3) is 0 Å². The Labute approximate surface area is 95.0 Å². The van der Waals surface area contributed by atoms with E-state index in [1.165, 1.54) is 12.1 Å². The Bertz CT molecular complexity index is 331. The van der Waals surface area contributed by atoms with Crippen LogP contribution in [-0.2, 0) is 0 Å². The molecule has 0 saturated carbocycles. The molecule has 0 bridgehead atoms. The Morgan fingerprint density at radius 2 is 2.12 bits per heavy atom. The number of benzene rings is 1. The molecule has 0 radical (unpaired) electrons. The van der Waals surface area contributed by atoms with Crippen LogP contribution in [0.5, 0.6) is 5.75 Å². The van der Waals surface area contributed by atoms with E-state index < -0.39 is 6.10 Å². The summed E-state index contributed by atoms with van der Waals surface area (Å²) < 4.78 is 18.4. The van der Waals surface area contributed by atoms with Crippen LogP contribution in [0.2, 0.25) is 0 Å². The predicted molar refractivity (Wildman–Crippen MR) is 60.7 cm³/mol. The van der Waals surface area contributed by atoms with Crippen LogP contribution >= 0.6 is 0 Å². The third-order valence-corrected chi connectivity index (χ3v) is 2.46. The molecule has 1 aromatic rings. The van der Waals surface area contributed by atoms with E-state index in [0.717, 1.165) is 0 Å². The zero-order valence-electron chi connectivity index (χ0n) is 9.56. The molecule has 90 valence electrons. The monoisotopic (exact) mass is 227 g/mol. The van der Waals surface area contributed by atoms with Crippen LogP contribution in [0.4, 0.5) is 4.39 Å². The Hall–Kier alpha value is -1.13. The van der Waals surface area contributed by atoms with Gasteiger partial charge >= 0.3 is 0 Å². The van der Waals surface area contributed by atoms with Crippen LogP contribution in [0.15, 0.2) is 24.3 Å². The van der Waals surface area contributed by atoms with Crippen LogP contribution in [0.25, 0.3) is 0 Å². The molecule has 2 atom stereocenters. The Kier molecular flexibility index (Phi) is 4.71. The lowest BCUT2D eigenvalue weighted by atomic mass is 10.00. The van der Waals surface area contributed by atoms with Crippen molar-refractivity contribution in [2.45, 2.75) is 26.0 Å². The van der Waals surface area contributed by atoms with Crippen molar-refractivity contribution in [3.8, 4) is 5.75 Å². The summed E-state index contributed by atoms with van der Waals surface area (Å²) in [6.45, 7) is 3.71. The summed E-state index contributed by atoms with van der Waals surface area (Å²) in [5.41, 5.74) is 5.88. The van der Waals surface area contributed by atoms with Crippen LogP contribution in [0, 0.1) is 11.7 Å². The minimum atomic E-state index is -0.512. The smallest absolute Gasteiger partial charge is 0.137 e. The first kappa shape index (κ1) is 12.9. The molecule has 0 aromatic heterocycles. The lowest BCUT2D eigenvalue weighted by molar-refractivity contribution is 0.0808. The lowest BCUT2D eigenvalue weighted by Gasteiger charge is -2.26. The van der Waals surface area contributed by atoms with Gasteiger partial charge in [0.1, 0.15) is 17.7 Å². The van der Waals surface area contributed by atoms with Crippen LogP contribution < -0.4 is 10.5 Å². The molecule has 0 heterocycles. The van der Waals surface area contributed by atoms with Crippen LogP contribution in [0.1, 0.15) is 13.8 Å². The first-order chi connectivity index (χ1) is 7.54. The zero-order chi connectivity index (χ0) is 12.1. The van der Waals surface area contributed by atoms with E-state index in [1.807, 2.05) is 13.8 Å². The fourth-order valence-electron chi connectivity index (χ4n) is 1.38. The minimum absolute atomic E-state index is 0.185. The normalized spacial score (nSPS) is 14.9. The van der Waals surface area contributed by atoms with E-state index >= 15 is 0 Å². The van der Waals surface area contributed by atoms with Gasteiger partial charge in [-0.05, 0) is 18.1 Å². The van der Waals surface area contributed by atoms with E-state index in [1.54, 1.807) is 12.1 Å². The minimum Gasteiger partial charge on any atom is -0.486 e. The van der Waals surface area contributed by atoms with Crippen molar-refractivity contribution in [2.75, 3.05) is 6.61 Å². The summed E-state index contributed by atoms with van der Waals surface area (Å²) in [4.78, 5) is 0. The maximum Gasteiger partial charge on any atom is 0.137 e. The molecule has 0 aliphatic heterocycles. The first-order valence-corrected chi connectivity index (χ1v) is 5.33. The molecule has 1 rings (SSSR count). The highest BCUT2D eigenvalue weighted by Gasteiger charge is 2.21. The SMILES string of the molecule is CC(C)C(N)C(CO)Oc1cccc(F)c1. The maximum atomic E-state index is 12.9. The number of nitrogens with two attached hydrogens (primary N) is 1. The summed E-state index contributed by atoms with van der Waals surface area (Å²) in [5, 5.41) is 9.18. The topological polar surface area (TPSA) is 55.5 Å². The summed E-state index contributed by atoms with van der Waals surface area (Å²) in [7, 11) is 0. The molecule has 1 aromatic carbocycles. The largest absolute Gasteiger partial charge is 0.486 e. The Morgan fingerprint density at radius 3 is 2.62 bits per heavy atom. The van der Waals surface area contributed by atoms with Gasteiger partial charge < -0.3 is 15.6 Å². The molecule has 0 amide bonds. The number of aliphatic hydroxyl groups is 1. The van der Waals surface area contributed by atoms with E-state index in [-0.39, 0.29) is 24.4 Å². The van der Waals surface area contributed by atoms with Gasteiger partial charge in [-0.15, -0.1) is 0 Å². The highest BCUT2D eigenvalue weighted by molar-refractivity contribution is 5.22. The van der Waals surface area contributed by atoms with Crippen molar-refractivity contribution in [1.29, 1.82) is 0 Å². The fraction of sp³-hybridized carbons (Fsp3) is 0.500. The van der Waals surface area contributed by atoms with Gasteiger partial charge in [0.2, 0.25) is 0 Å². The highest BCUT2D eigenvalue weighted by atomic mass is 19.1. The Morgan fingerprint density at radius 1 is 1.44 bits per heavy atom. The van der Waals surface area contributed by atoms with Crippen molar-refractivity contribution in [3.63, 3.8) is 0 Å². The lowest BCUT2D eigenvalue weighted by Crippen LogP contribution is -2.45. The fourth-order valence-corrected chi connectivity index (χ4v) is 1.38. The van der Waals surface area contributed by atoms with Gasteiger partial charge in [0.05, 0.1) is 6.61 Å². The third-order valence-electron chi connectivity index (χ3n) is 2.46. The molecular weight excluding hydrogens is 209 g/mol. The van der Waals surface area contributed by atoms with Crippen LogP contribution in [-0.4, -0.2) is 23.9 Å². The average Bonchev–Trinajstić information content (AvgIpc) is 2.25. The molecule has 0 spiro atoms. The van der Waals surface area contributed by atoms with Crippen LogP contribution in [0.3, 0.4) is 0 Å². The summed E-state index contributed by atoms with van der Waals surface area (Å²) in [6.07, 6.45) is -0.512. The van der Waals surface area contributed by atoms with Crippen molar-refractivity contribution >= 4 is 0 Å². The number of ether oxygens (including phenoxy) is 1. The van der Waals surface area contributed by atoms with Crippen molar-refractivity contribution in [1.82, 2.24) is 0 Å². The second-order valence-corrected chi connectivity index (χ2v) is 4.12. The quantitative estimate of drug-likeness (QED) is 0.802. The zero-order valence-corrected chi connectivity index (χ0v) is 9.56. The maximum absolute atomic E-state index is 12.9. The van der Waals surface area contributed by atoms with E-state index in [2.05, 4.69) is 0 Å². The molecule has 2 unspecified atom stereocenters. The van der Waals surface area contributed by atoms with Gasteiger partial charge in [0, 0.05) is 12.1 Å². The molecule has 16 heavy (non-hydrogen) atoms. The number of hydrogen-bond acceptors (Lipinski definition) is 3. The second kappa shape index (κ2) is 5.82. The standard InChI is InChI=1S/C12H18FNO2/c1-8(2)12(14)11(7-15)16-10-5-3-4-9(13)6-10/h3-6,8,11-12,15H,7,14H2,1-2H3. The summed E-state index contributed by atoms with van der Waals surface area (Å²) in [6, 6.07) is 5.52. The molecular formula is C12H18FNO2. The third kappa shape index (κ3) is 3.47. The summed E-state index contributed by atoms with van der Waals surface area (Å²) in [5.74, 6) is 0.202. The molecule has 0 aliphatic carbocycles. The molecule has 0 aliphatic rings. The van der Waals surface area contributed by atoms with Gasteiger partial charge in [-0.2, -0.15) is 0 Å². The molecule has 3 nitrogen and oxygen atoms in total. The first-order valence-electron chi connectivity index (χ1n) is 5.33. The van der Waals surface area contributed by atoms with E-state index in [9.17, 15) is 9.50 Å². The number of halogens is 1. The number of aliphatic hydroxyl groups excluding tert-OH is 1. The molecule has 0 fully saturated rings. The van der Waals surface area contributed by atoms with Gasteiger partial charge in [-0.1, -0.05) is 19.9 Å². The molecule has 4 heteroatoms. The van der Waals surface area contributed by atoms with Crippen molar-refractivity contribution in [2.24, 2.45) is 11.7 Å². The van der Waals surface area contributed by atoms with Crippen molar-refractivity contribution < 1.29 is 14.2 Å². The van der Waals surface area contributed by atoms with Gasteiger partial charge in [0.15, 0.2) is 0 Å². The number of rotatable bonds is 5. The van der Waals surface area contributed by atoms with E-state index in [4.69, 9.17) is 10.5 Å². The number of hydrogen-bond donors (Lipinski definition) is 2. The van der Waals surface area contributed by atoms with Crippen molar-refractivity contribution in [3.05, 3.63) is 30.1 Å². The second-order valence-electron chi connectivity index (χ2n) is 4.12. The Balaban J connectivity index is 2.70.